The summed E-state index contributed by atoms with van der Waals surface area (Å²) in [5, 5.41) is 3.88. The third-order valence-corrected chi connectivity index (χ3v) is 1.50. The summed E-state index contributed by atoms with van der Waals surface area (Å²) >= 11 is 0. The molecule has 1 aromatic rings. The Kier molecular flexibility index (Phi) is 2.90. The molecule has 0 spiro atoms. The molecule has 78 valence electrons. The molecule has 5 heteroatoms. The molecule has 0 bridgehead atoms. The van der Waals surface area contributed by atoms with E-state index in [0.717, 1.165) is 0 Å². The highest BCUT2D eigenvalue weighted by atomic mass is 16.7. The number of hydrogen-bond acceptors (Lipinski definition) is 3. The van der Waals surface area contributed by atoms with E-state index in [1.165, 1.54) is 4.68 Å². The van der Waals surface area contributed by atoms with E-state index in [-0.39, 0.29) is 5.91 Å². The molecule has 1 amide bonds. The Hall–Kier alpha value is -1.36. The molecule has 0 unspecified atom stereocenters. The molecule has 0 saturated heterocycles. The summed E-state index contributed by atoms with van der Waals surface area (Å²) in [4.78, 5) is 16.6. The summed E-state index contributed by atoms with van der Waals surface area (Å²) in [6, 6.07) is 1.63. The molecule has 14 heavy (non-hydrogen) atoms. The van der Waals surface area contributed by atoms with Gasteiger partial charge in [-0.3, -0.25) is 14.3 Å². The monoisotopic (exact) mass is 197 g/mol. The van der Waals surface area contributed by atoms with Crippen LogP contribution in [0.3, 0.4) is 0 Å². The zero-order valence-electron chi connectivity index (χ0n) is 8.87. The Morgan fingerprint density at radius 2 is 2.21 bits per heavy atom. The van der Waals surface area contributed by atoms with Crippen molar-refractivity contribution in [1.82, 2.24) is 15.3 Å². The molecule has 0 atom stereocenters. The maximum Gasteiger partial charge on any atom is 0.293 e. The lowest BCUT2D eigenvalue weighted by atomic mass is 10.2. The fraction of sp³-hybridized carbons (Fsp3) is 0.556. The molecular formula is C9H15N3O2. The van der Waals surface area contributed by atoms with Crippen LogP contribution in [0.2, 0.25) is 0 Å². The number of hydroxylamine groups is 1. The topological polar surface area (TPSA) is 56.2 Å². The van der Waals surface area contributed by atoms with Crippen molar-refractivity contribution in [3.8, 4) is 0 Å². The SMILES string of the molecule is Cn1nccc1C(=O)NOC(C)(C)C. The quantitative estimate of drug-likeness (QED) is 0.716. The second-order valence-corrected chi connectivity index (χ2v) is 3.99. The minimum absolute atomic E-state index is 0.292. The number of rotatable bonds is 2. The van der Waals surface area contributed by atoms with Crippen molar-refractivity contribution in [3.05, 3.63) is 18.0 Å². The number of nitrogens with zero attached hydrogens (tertiary/aromatic N) is 2. The normalized spacial score (nSPS) is 11.4. The van der Waals surface area contributed by atoms with Crippen LogP contribution in [0, 0.1) is 0 Å². The summed E-state index contributed by atoms with van der Waals surface area (Å²) < 4.78 is 1.49. The first-order chi connectivity index (χ1) is 6.40. The van der Waals surface area contributed by atoms with Gasteiger partial charge in [-0.25, -0.2) is 5.48 Å². The second kappa shape index (κ2) is 3.79. The van der Waals surface area contributed by atoms with E-state index >= 15 is 0 Å². The van der Waals surface area contributed by atoms with Crippen LogP contribution in [0.15, 0.2) is 12.3 Å². The third kappa shape index (κ3) is 2.85. The molecule has 5 nitrogen and oxygen atoms in total. The lowest BCUT2D eigenvalue weighted by Crippen LogP contribution is -2.34. The predicted octanol–water partition coefficient (Wildman–Crippen LogP) is 0.880. The van der Waals surface area contributed by atoms with Gasteiger partial charge in [0.05, 0.1) is 5.60 Å². The number of aryl methyl sites for hydroxylation is 1. The number of amides is 1. The van der Waals surface area contributed by atoms with Crippen LogP contribution in [0.5, 0.6) is 0 Å². The molecule has 1 rings (SSSR count). The minimum Gasteiger partial charge on any atom is -0.268 e. The van der Waals surface area contributed by atoms with Crippen molar-refractivity contribution in [2.75, 3.05) is 0 Å². The van der Waals surface area contributed by atoms with Crippen LogP contribution in [0.25, 0.3) is 0 Å². The zero-order valence-corrected chi connectivity index (χ0v) is 8.87. The van der Waals surface area contributed by atoms with Crippen LogP contribution in [-0.2, 0) is 11.9 Å². The molecule has 0 saturated carbocycles. The van der Waals surface area contributed by atoms with Gasteiger partial charge in [0.25, 0.3) is 5.91 Å². The van der Waals surface area contributed by atoms with Crippen molar-refractivity contribution >= 4 is 5.91 Å². The van der Waals surface area contributed by atoms with Gasteiger partial charge in [-0.2, -0.15) is 5.10 Å². The molecule has 1 aromatic heterocycles. The predicted molar refractivity (Wildman–Crippen MR) is 51.5 cm³/mol. The average molecular weight is 197 g/mol. The highest BCUT2D eigenvalue weighted by molar-refractivity contribution is 5.91. The van der Waals surface area contributed by atoms with Gasteiger partial charge < -0.3 is 0 Å². The molecule has 0 fully saturated rings. The van der Waals surface area contributed by atoms with E-state index in [1.54, 1.807) is 19.3 Å². The van der Waals surface area contributed by atoms with Gasteiger partial charge in [-0.15, -0.1) is 0 Å². The average Bonchev–Trinajstić information content (AvgIpc) is 2.46. The van der Waals surface area contributed by atoms with Gasteiger partial charge in [-0.1, -0.05) is 0 Å². The number of aromatic nitrogens is 2. The van der Waals surface area contributed by atoms with Gasteiger partial charge >= 0.3 is 0 Å². The van der Waals surface area contributed by atoms with Crippen LogP contribution in [0.1, 0.15) is 31.3 Å². The van der Waals surface area contributed by atoms with Crippen LogP contribution < -0.4 is 5.48 Å². The van der Waals surface area contributed by atoms with Gasteiger partial charge in [0.1, 0.15) is 5.69 Å². The fourth-order valence-corrected chi connectivity index (χ4v) is 0.848. The van der Waals surface area contributed by atoms with Gasteiger partial charge in [0.15, 0.2) is 0 Å². The van der Waals surface area contributed by atoms with Crippen LogP contribution in [0.4, 0.5) is 0 Å². The summed E-state index contributed by atoms with van der Waals surface area (Å²) in [5.41, 5.74) is 2.44. The van der Waals surface area contributed by atoms with Gasteiger partial charge in [0, 0.05) is 13.2 Å². The van der Waals surface area contributed by atoms with Crippen molar-refractivity contribution in [3.63, 3.8) is 0 Å². The molecule has 0 aliphatic carbocycles. The van der Waals surface area contributed by atoms with E-state index in [0.29, 0.717) is 5.69 Å². The van der Waals surface area contributed by atoms with Crippen LogP contribution in [-0.4, -0.2) is 21.3 Å². The third-order valence-electron chi connectivity index (χ3n) is 1.50. The molecule has 1 N–H and O–H groups in total. The highest BCUT2D eigenvalue weighted by Gasteiger charge is 2.15. The summed E-state index contributed by atoms with van der Waals surface area (Å²) in [7, 11) is 1.70. The summed E-state index contributed by atoms with van der Waals surface area (Å²) in [6.45, 7) is 5.57. The fourth-order valence-electron chi connectivity index (χ4n) is 0.848. The Labute approximate surface area is 83.0 Å². The van der Waals surface area contributed by atoms with Gasteiger partial charge in [0.2, 0.25) is 0 Å². The maximum absolute atomic E-state index is 11.5. The maximum atomic E-state index is 11.5. The number of nitrogens with one attached hydrogen (secondary N) is 1. The lowest BCUT2D eigenvalue weighted by Gasteiger charge is -2.18. The molecule has 0 aliphatic heterocycles. The van der Waals surface area contributed by atoms with E-state index in [1.807, 2.05) is 20.8 Å². The molecule has 0 radical (unpaired) electrons. The first-order valence-electron chi connectivity index (χ1n) is 4.36. The minimum atomic E-state index is -0.395. The van der Waals surface area contributed by atoms with E-state index in [4.69, 9.17) is 4.84 Å². The van der Waals surface area contributed by atoms with Crippen molar-refractivity contribution in [2.45, 2.75) is 26.4 Å². The second-order valence-electron chi connectivity index (χ2n) is 3.99. The number of carbonyl (C=O) groups excluding carboxylic acids is 1. The first-order valence-corrected chi connectivity index (χ1v) is 4.36. The Balaban J connectivity index is 2.56. The smallest absolute Gasteiger partial charge is 0.268 e. The first kappa shape index (κ1) is 10.7. The van der Waals surface area contributed by atoms with Gasteiger partial charge in [-0.05, 0) is 26.8 Å². The number of carbonyl (C=O) groups is 1. The Bertz CT molecular complexity index is 325. The Morgan fingerprint density at radius 1 is 1.57 bits per heavy atom. The van der Waals surface area contributed by atoms with E-state index in [2.05, 4.69) is 10.6 Å². The summed E-state index contributed by atoms with van der Waals surface area (Å²) in [5.74, 6) is -0.292. The van der Waals surface area contributed by atoms with Crippen LogP contribution >= 0.6 is 0 Å². The molecule has 0 aromatic carbocycles. The van der Waals surface area contributed by atoms with E-state index in [9.17, 15) is 4.79 Å². The molecular weight excluding hydrogens is 182 g/mol. The molecule has 1 heterocycles. The Morgan fingerprint density at radius 3 is 2.64 bits per heavy atom. The summed E-state index contributed by atoms with van der Waals surface area (Å²) in [6.07, 6.45) is 1.56. The van der Waals surface area contributed by atoms with Crippen molar-refractivity contribution in [1.29, 1.82) is 0 Å². The lowest BCUT2D eigenvalue weighted by molar-refractivity contribution is -0.0593. The van der Waals surface area contributed by atoms with Crippen molar-refractivity contribution < 1.29 is 9.63 Å². The zero-order chi connectivity index (χ0) is 10.8. The van der Waals surface area contributed by atoms with Crippen molar-refractivity contribution in [2.24, 2.45) is 7.05 Å². The van der Waals surface area contributed by atoms with E-state index < -0.39 is 5.60 Å². The largest absolute Gasteiger partial charge is 0.293 e. The standard InChI is InChI=1S/C9H15N3O2/c1-9(2,3)14-11-8(13)7-5-6-10-12(7)4/h5-6H,1-4H3,(H,11,13). The highest BCUT2D eigenvalue weighted by Crippen LogP contribution is 2.04. The molecule has 0 aliphatic rings. The number of hydrogen-bond donors (Lipinski definition) is 1.